The molecule has 1 saturated heterocycles. The molecule has 0 spiro atoms. The number of nitrogens with one attached hydrogen (secondary N) is 3. The minimum atomic E-state index is -0.197. The van der Waals surface area contributed by atoms with Crippen molar-refractivity contribution in [2.24, 2.45) is 5.92 Å². The Hall–Kier alpha value is -2.18. The average molecular weight is 372 g/mol. The van der Waals surface area contributed by atoms with Crippen molar-refractivity contribution >= 4 is 28.2 Å². The van der Waals surface area contributed by atoms with Gasteiger partial charge in [-0.05, 0) is 54.4 Å². The first-order valence-corrected chi connectivity index (χ1v) is 9.95. The second-order valence-electron chi connectivity index (χ2n) is 6.72. The lowest BCUT2D eigenvalue weighted by Gasteiger charge is -2.30. The summed E-state index contributed by atoms with van der Waals surface area (Å²) in [6.45, 7) is 6.00. The summed E-state index contributed by atoms with van der Waals surface area (Å²) in [5.74, 6) is 0.106. The summed E-state index contributed by atoms with van der Waals surface area (Å²) in [7, 11) is 0. The summed E-state index contributed by atoms with van der Waals surface area (Å²) in [5.41, 5.74) is 2.30. The summed E-state index contributed by atoms with van der Waals surface area (Å²) in [4.78, 5) is 25.1. The third kappa shape index (κ3) is 4.31. The summed E-state index contributed by atoms with van der Waals surface area (Å²) in [5, 5.41) is 11.7. The first-order chi connectivity index (χ1) is 12.6. The van der Waals surface area contributed by atoms with E-state index in [0.717, 1.165) is 25.9 Å². The fourth-order valence-electron chi connectivity index (χ4n) is 3.08. The molecule has 3 rings (SSSR count). The summed E-state index contributed by atoms with van der Waals surface area (Å²) < 4.78 is 0. The molecular formula is C20H25N3O2S. The van der Waals surface area contributed by atoms with Crippen LogP contribution < -0.4 is 16.0 Å². The van der Waals surface area contributed by atoms with Gasteiger partial charge in [-0.25, -0.2) is 0 Å². The lowest BCUT2D eigenvalue weighted by molar-refractivity contribution is 0.0916. The second kappa shape index (κ2) is 8.47. The van der Waals surface area contributed by atoms with Crippen molar-refractivity contribution in [3.63, 3.8) is 0 Å². The maximum Gasteiger partial charge on any atom is 0.256 e. The Bertz CT molecular complexity index is 770. The van der Waals surface area contributed by atoms with Crippen LogP contribution in [-0.4, -0.2) is 30.9 Å². The molecule has 2 atom stereocenters. The van der Waals surface area contributed by atoms with Gasteiger partial charge < -0.3 is 16.0 Å². The SMILES string of the molecule is CCc1ccc(C(=O)Nc2sccc2C(=O)NC2CNCCC2C)cc1. The van der Waals surface area contributed by atoms with E-state index < -0.39 is 0 Å². The Morgan fingerprint density at radius 3 is 2.65 bits per heavy atom. The maximum atomic E-state index is 12.7. The molecule has 3 N–H and O–H groups in total. The molecule has 6 heteroatoms. The number of amides is 2. The molecule has 1 aromatic carbocycles. The molecule has 2 aromatic rings. The smallest absolute Gasteiger partial charge is 0.256 e. The summed E-state index contributed by atoms with van der Waals surface area (Å²) in [6, 6.07) is 9.41. The molecule has 0 aliphatic carbocycles. The highest BCUT2D eigenvalue weighted by Crippen LogP contribution is 2.24. The highest BCUT2D eigenvalue weighted by Gasteiger charge is 2.24. The van der Waals surface area contributed by atoms with E-state index in [2.05, 4.69) is 29.8 Å². The molecule has 2 amide bonds. The number of hydrogen-bond donors (Lipinski definition) is 3. The fourth-order valence-corrected chi connectivity index (χ4v) is 3.86. The van der Waals surface area contributed by atoms with E-state index in [1.165, 1.54) is 16.9 Å². The highest BCUT2D eigenvalue weighted by atomic mass is 32.1. The Morgan fingerprint density at radius 2 is 1.96 bits per heavy atom. The van der Waals surface area contributed by atoms with Crippen molar-refractivity contribution in [3.8, 4) is 0 Å². The van der Waals surface area contributed by atoms with Crippen LogP contribution in [0.25, 0.3) is 0 Å². The van der Waals surface area contributed by atoms with Crippen LogP contribution >= 0.6 is 11.3 Å². The van der Waals surface area contributed by atoms with Crippen molar-refractivity contribution in [1.82, 2.24) is 10.6 Å². The van der Waals surface area contributed by atoms with Gasteiger partial charge in [-0.2, -0.15) is 0 Å². The van der Waals surface area contributed by atoms with E-state index >= 15 is 0 Å². The fraction of sp³-hybridized carbons (Fsp3) is 0.400. The van der Waals surface area contributed by atoms with Crippen molar-refractivity contribution in [2.75, 3.05) is 18.4 Å². The number of benzene rings is 1. The molecule has 0 bridgehead atoms. The third-order valence-electron chi connectivity index (χ3n) is 4.91. The van der Waals surface area contributed by atoms with Gasteiger partial charge in [0.1, 0.15) is 5.00 Å². The molecule has 5 nitrogen and oxygen atoms in total. The molecule has 1 aliphatic heterocycles. The van der Waals surface area contributed by atoms with E-state index in [1.54, 1.807) is 6.07 Å². The number of aryl methyl sites for hydroxylation is 1. The number of thiophene rings is 1. The van der Waals surface area contributed by atoms with Crippen LogP contribution in [0.15, 0.2) is 35.7 Å². The number of carbonyl (C=O) groups excluding carboxylic acids is 2. The summed E-state index contributed by atoms with van der Waals surface area (Å²) >= 11 is 1.36. The largest absolute Gasteiger partial charge is 0.348 e. The van der Waals surface area contributed by atoms with Gasteiger partial charge in [0.05, 0.1) is 5.56 Å². The van der Waals surface area contributed by atoms with Gasteiger partial charge in [0.25, 0.3) is 11.8 Å². The van der Waals surface area contributed by atoms with Crippen molar-refractivity contribution in [3.05, 3.63) is 52.4 Å². The molecule has 138 valence electrons. The average Bonchev–Trinajstić information content (AvgIpc) is 3.12. The van der Waals surface area contributed by atoms with Gasteiger partial charge in [0.15, 0.2) is 0 Å². The van der Waals surface area contributed by atoms with Crippen LogP contribution in [0.5, 0.6) is 0 Å². The first kappa shape index (κ1) is 18.6. The van der Waals surface area contributed by atoms with Gasteiger partial charge in [0.2, 0.25) is 0 Å². The summed E-state index contributed by atoms with van der Waals surface area (Å²) in [6.07, 6.45) is 1.98. The van der Waals surface area contributed by atoms with Gasteiger partial charge in [0, 0.05) is 18.2 Å². The van der Waals surface area contributed by atoms with Crippen LogP contribution in [0.1, 0.15) is 46.5 Å². The van der Waals surface area contributed by atoms with E-state index in [1.807, 2.05) is 29.6 Å². The zero-order valence-corrected chi connectivity index (χ0v) is 16.0. The van der Waals surface area contributed by atoms with Gasteiger partial charge in [-0.15, -0.1) is 11.3 Å². The lowest BCUT2D eigenvalue weighted by Crippen LogP contribution is -2.50. The monoisotopic (exact) mass is 371 g/mol. The highest BCUT2D eigenvalue weighted by molar-refractivity contribution is 7.14. The molecule has 2 heterocycles. The van der Waals surface area contributed by atoms with Crippen LogP contribution in [0.2, 0.25) is 0 Å². The number of carbonyl (C=O) groups is 2. The Morgan fingerprint density at radius 1 is 1.19 bits per heavy atom. The predicted octanol–water partition coefficient (Wildman–Crippen LogP) is 3.29. The standard InChI is InChI=1S/C20H25N3O2S/c1-3-14-4-6-15(7-5-14)18(24)23-20-16(9-11-26-20)19(25)22-17-12-21-10-8-13(17)2/h4-7,9,11,13,17,21H,3,8,10,12H2,1-2H3,(H,22,25)(H,23,24). The molecule has 1 fully saturated rings. The molecule has 26 heavy (non-hydrogen) atoms. The van der Waals surface area contributed by atoms with E-state index in [0.29, 0.717) is 22.0 Å². The third-order valence-corrected chi connectivity index (χ3v) is 5.74. The maximum absolute atomic E-state index is 12.7. The number of piperidine rings is 1. The van der Waals surface area contributed by atoms with Crippen LogP contribution in [0.4, 0.5) is 5.00 Å². The topological polar surface area (TPSA) is 70.2 Å². The second-order valence-corrected chi connectivity index (χ2v) is 7.63. The van der Waals surface area contributed by atoms with E-state index in [4.69, 9.17) is 0 Å². The van der Waals surface area contributed by atoms with Crippen LogP contribution in [-0.2, 0) is 6.42 Å². The van der Waals surface area contributed by atoms with Gasteiger partial charge >= 0.3 is 0 Å². The van der Waals surface area contributed by atoms with E-state index in [-0.39, 0.29) is 17.9 Å². The molecular weight excluding hydrogens is 346 g/mol. The Labute approximate surface area is 158 Å². The molecule has 2 unspecified atom stereocenters. The van der Waals surface area contributed by atoms with Gasteiger partial charge in [-0.1, -0.05) is 26.0 Å². The quantitative estimate of drug-likeness (QED) is 0.755. The zero-order valence-electron chi connectivity index (χ0n) is 15.2. The Balaban J connectivity index is 1.67. The molecule has 1 aromatic heterocycles. The van der Waals surface area contributed by atoms with E-state index in [9.17, 15) is 9.59 Å². The normalized spacial score (nSPS) is 19.8. The molecule has 0 saturated carbocycles. The van der Waals surface area contributed by atoms with Gasteiger partial charge in [-0.3, -0.25) is 9.59 Å². The minimum Gasteiger partial charge on any atom is -0.348 e. The Kier molecular flexibility index (Phi) is 6.06. The molecule has 1 aliphatic rings. The first-order valence-electron chi connectivity index (χ1n) is 9.08. The van der Waals surface area contributed by atoms with Crippen molar-refractivity contribution in [2.45, 2.75) is 32.7 Å². The number of hydrogen-bond acceptors (Lipinski definition) is 4. The number of anilines is 1. The van der Waals surface area contributed by atoms with Crippen LogP contribution in [0, 0.1) is 5.92 Å². The molecule has 0 radical (unpaired) electrons. The predicted molar refractivity (Wildman–Crippen MR) is 106 cm³/mol. The lowest BCUT2D eigenvalue weighted by atomic mass is 9.94. The van der Waals surface area contributed by atoms with Crippen molar-refractivity contribution in [1.29, 1.82) is 0 Å². The van der Waals surface area contributed by atoms with Crippen molar-refractivity contribution < 1.29 is 9.59 Å². The number of rotatable bonds is 5. The zero-order chi connectivity index (χ0) is 18.5. The van der Waals surface area contributed by atoms with Crippen LogP contribution in [0.3, 0.4) is 0 Å². The minimum absolute atomic E-state index is 0.112.